The van der Waals surface area contributed by atoms with Crippen molar-refractivity contribution in [3.05, 3.63) is 59.2 Å². The molecule has 7 nitrogen and oxygen atoms in total. The molecule has 1 saturated heterocycles. The fourth-order valence-electron chi connectivity index (χ4n) is 4.01. The molecule has 1 fully saturated rings. The van der Waals surface area contributed by atoms with Crippen molar-refractivity contribution in [2.24, 2.45) is 10.7 Å². The minimum Gasteiger partial charge on any atom is -0.460 e. The van der Waals surface area contributed by atoms with E-state index < -0.39 is 10.2 Å². The highest BCUT2D eigenvalue weighted by molar-refractivity contribution is 7.90. The molecule has 3 N–H and O–H groups in total. The predicted octanol–water partition coefficient (Wildman–Crippen LogP) is 3.48. The summed E-state index contributed by atoms with van der Waals surface area (Å²) in [5, 5.41) is 0. The maximum absolute atomic E-state index is 12.3. The Bertz CT molecular complexity index is 1010. The lowest BCUT2D eigenvalue weighted by Gasteiger charge is -2.26. The molecule has 0 saturated carbocycles. The highest BCUT2D eigenvalue weighted by Crippen LogP contribution is 2.28. The van der Waals surface area contributed by atoms with Crippen molar-refractivity contribution in [1.82, 2.24) is 4.31 Å². The van der Waals surface area contributed by atoms with E-state index in [9.17, 15) is 8.42 Å². The Hall–Kier alpha value is -2.58. The number of rotatable bonds is 3. The quantitative estimate of drug-likeness (QED) is 0.782. The van der Waals surface area contributed by atoms with Crippen molar-refractivity contribution >= 4 is 27.6 Å². The Morgan fingerprint density at radius 1 is 0.933 bits per heavy atom. The molecule has 0 bridgehead atoms. The van der Waals surface area contributed by atoms with Gasteiger partial charge in [0.05, 0.1) is 11.4 Å². The van der Waals surface area contributed by atoms with Crippen LogP contribution in [-0.2, 0) is 34.4 Å². The third-order valence-electron chi connectivity index (χ3n) is 5.60. The number of amidine groups is 1. The van der Waals surface area contributed by atoms with Gasteiger partial charge in [0.2, 0.25) is 0 Å². The zero-order valence-electron chi connectivity index (χ0n) is 17.0. The zero-order chi connectivity index (χ0) is 21.0. The number of aliphatic imine (C=N–C) groups is 1. The molecule has 0 unspecified atom stereocenters. The molecular weight excluding hydrogens is 400 g/mol. The van der Waals surface area contributed by atoms with Gasteiger partial charge >= 0.3 is 10.2 Å². The number of benzene rings is 2. The summed E-state index contributed by atoms with van der Waals surface area (Å²) in [5.74, 6) is 0. The second-order valence-corrected chi connectivity index (χ2v) is 9.44. The van der Waals surface area contributed by atoms with Crippen LogP contribution in [0, 0.1) is 0 Å². The van der Waals surface area contributed by atoms with Crippen LogP contribution >= 0.6 is 0 Å². The molecule has 8 heteroatoms. The van der Waals surface area contributed by atoms with E-state index >= 15 is 0 Å². The summed E-state index contributed by atoms with van der Waals surface area (Å²) in [5.41, 5.74) is 10.7. The van der Waals surface area contributed by atoms with Crippen molar-refractivity contribution in [2.75, 3.05) is 17.8 Å². The first-order valence-corrected chi connectivity index (χ1v) is 11.9. The second kappa shape index (κ2) is 9.06. The molecule has 1 aliphatic carbocycles. The summed E-state index contributed by atoms with van der Waals surface area (Å²) in [6.45, 7) is 1.44. The first-order chi connectivity index (χ1) is 14.5. The van der Waals surface area contributed by atoms with Gasteiger partial charge in [-0.15, -0.1) is 0 Å². The summed E-state index contributed by atoms with van der Waals surface area (Å²) in [4.78, 5) is 4.06. The number of hydrogen-bond acceptors (Lipinski definition) is 5. The number of anilines is 1. The molecule has 0 atom stereocenters. The van der Waals surface area contributed by atoms with Crippen LogP contribution in [0.4, 0.5) is 11.4 Å². The number of fused-ring (bicyclic) bond motifs is 2. The normalized spacial score (nSPS) is 18.2. The number of piperidine rings is 1. The lowest BCUT2D eigenvalue weighted by Crippen LogP contribution is -2.39. The minimum absolute atomic E-state index is 0.129. The van der Waals surface area contributed by atoms with Crippen molar-refractivity contribution < 1.29 is 13.2 Å². The smallest absolute Gasteiger partial charge is 0.301 e. The fourth-order valence-corrected chi connectivity index (χ4v) is 5.30. The molecule has 0 radical (unpaired) electrons. The molecule has 0 spiro atoms. The van der Waals surface area contributed by atoms with Gasteiger partial charge in [-0.2, -0.15) is 17.7 Å². The third kappa shape index (κ3) is 4.94. The molecular formula is C22H28N4O3S. The van der Waals surface area contributed by atoms with Gasteiger partial charge in [-0.05, 0) is 61.4 Å². The van der Waals surface area contributed by atoms with Gasteiger partial charge in [-0.25, -0.2) is 0 Å². The molecule has 5 rings (SSSR count). The zero-order valence-corrected chi connectivity index (χ0v) is 17.8. The van der Waals surface area contributed by atoms with Crippen molar-refractivity contribution in [3.8, 4) is 0 Å². The summed E-state index contributed by atoms with van der Waals surface area (Å²) >= 11 is 0. The average Bonchev–Trinajstić information content (AvgIpc) is 3.24. The summed E-state index contributed by atoms with van der Waals surface area (Å²) < 4.78 is 33.9. The first-order valence-electron chi connectivity index (χ1n) is 10.5. The van der Waals surface area contributed by atoms with E-state index in [-0.39, 0.29) is 6.02 Å². The largest absolute Gasteiger partial charge is 0.460 e. The van der Waals surface area contributed by atoms with Crippen LogP contribution in [0.5, 0.6) is 0 Å². The predicted molar refractivity (Wildman–Crippen MR) is 119 cm³/mol. The van der Waals surface area contributed by atoms with E-state index in [0.29, 0.717) is 31.1 Å². The van der Waals surface area contributed by atoms with Gasteiger partial charge < -0.3 is 10.5 Å². The van der Waals surface area contributed by atoms with Crippen LogP contribution in [0.25, 0.3) is 0 Å². The molecule has 0 aromatic heterocycles. The Labute approximate surface area is 178 Å². The van der Waals surface area contributed by atoms with E-state index in [1.165, 1.54) is 23.6 Å². The van der Waals surface area contributed by atoms with Crippen molar-refractivity contribution in [2.45, 2.75) is 45.1 Å². The lowest BCUT2D eigenvalue weighted by atomic mass is 10.1. The molecule has 2 aromatic carbocycles. The average molecular weight is 429 g/mol. The maximum atomic E-state index is 12.3. The van der Waals surface area contributed by atoms with Crippen LogP contribution in [0.2, 0.25) is 0 Å². The van der Waals surface area contributed by atoms with Crippen LogP contribution in [0.15, 0.2) is 47.5 Å². The van der Waals surface area contributed by atoms with Gasteiger partial charge in [0, 0.05) is 18.7 Å². The highest BCUT2D eigenvalue weighted by Gasteiger charge is 2.24. The van der Waals surface area contributed by atoms with Gasteiger partial charge in [-0.3, -0.25) is 4.72 Å². The number of ether oxygens (including phenoxy) is 1. The summed E-state index contributed by atoms with van der Waals surface area (Å²) in [7, 11) is -3.49. The SMILES string of the molecule is NC1=Nc2ccc(NS(=O)(=O)N3CCCCC3)cc2CO1.c1ccc2c(c1)CCC2. The molecule has 160 valence electrons. The second-order valence-electron chi connectivity index (χ2n) is 7.77. The molecule has 3 aliphatic rings. The Balaban J connectivity index is 0.000000200. The van der Waals surface area contributed by atoms with E-state index in [0.717, 1.165) is 24.8 Å². The Kier molecular flexibility index (Phi) is 6.24. The van der Waals surface area contributed by atoms with Crippen LogP contribution < -0.4 is 10.5 Å². The molecule has 2 heterocycles. The van der Waals surface area contributed by atoms with Gasteiger partial charge in [0.1, 0.15) is 6.61 Å². The molecule has 2 aliphatic heterocycles. The lowest BCUT2D eigenvalue weighted by molar-refractivity contribution is 0.282. The topological polar surface area (TPSA) is 97.0 Å². The van der Waals surface area contributed by atoms with Crippen LogP contribution in [0.3, 0.4) is 0 Å². The standard InChI is InChI=1S/C13H18N4O3S.C9H10/c14-13-15-12-5-4-11(8-10(12)9-20-13)16-21(18,19)17-6-2-1-3-7-17;1-2-5-9-7-3-6-8(9)4-1/h4-5,8,16H,1-3,6-7,9H2,(H2,14,15);1-2,4-5H,3,6-7H2. The van der Waals surface area contributed by atoms with E-state index in [1.54, 1.807) is 29.3 Å². The molecule has 2 aromatic rings. The van der Waals surface area contributed by atoms with E-state index in [1.807, 2.05) is 0 Å². The van der Waals surface area contributed by atoms with Gasteiger partial charge in [0.15, 0.2) is 0 Å². The maximum Gasteiger partial charge on any atom is 0.301 e. The number of nitrogens with one attached hydrogen (secondary N) is 1. The fraction of sp³-hybridized carbons (Fsp3) is 0.409. The van der Waals surface area contributed by atoms with Gasteiger partial charge in [0.25, 0.3) is 6.02 Å². The van der Waals surface area contributed by atoms with Crippen LogP contribution in [0.1, 0.15) is 42.4 Å². The number of nitrogens with two attached hydrogens (primary N) is 1. The van der Waals surface area contributed by atoms with Crippen molar-refractivity contribution in [3.63, 3.8) is 0 Å². The van der Waals surface area contributed by atoms with Gasteiger partial charge in [-0.1, -0.05) is 30.7 Å². The number of hydrogen-bond donors (Lipinski definition) is 2. The highest BCUT2D eigenvalue weighted by atomic mass is 32.2. The number of nitrogens with zero attached hydrogens (tertiary/aromatic N) is 2. The summed E-state index contributed by atoms with van der Waals surface area (Å²) in [6.07, 6.45) is 6.87. The molecule has 30 heavy (non-hydrogen) atoms. The Morgan fingerprint density at radius 2 is 1.63 bits per heavy atom. The monoisotopic (exact) mass is 428 g/mol. The molecule has 0 amide bonds. The number of aryl methyl sites for hydroxylation is 2. The van der Waals surface area contributed by atoms with Crippen molar-refractivity contribution in [1.29, 1.82) is 0 Å². The Morgan fingerprint density at radius 3 is 2.33 bits per heavy atom. The summed E-state index contributed by atoms with van der Waals surface area (Å²) in [6, 6.07) is 14.0. The first kappa shape index (κ1) is 20.7. The van der Waals surface area contributed by atoms with E-state index in [2.05, 4.69) is 34.0 Å². The third-order valence-corrected chi connectivity index (χ3v) is 7.14. The minimum atomic E-state index is -3.49. The van der Waals surface area contributed by atoms with E-state index in [4.69, 9.17) is 10.5 Å². The van der Waals surface area contributed by atoms with Crippen LogP contribution in [-0.4, -0.2) is 31.8 Å².